The maximum Gasteiger partial charge on any atom is 0.328 e. The first-order chi connectivity index (χ1) is 9.43. The minimum Gasteiger partial charge on any atom is -0.478 e. The molecule has 0 aliphatic rings. The number of hydrogen-bond acceptors (Lipinski definition) is 3. The van der Waals surface area contributed by atoms with Crippen LogP contribution in [-0.4, -0.2) is 37.6 Å². The summed E-state index contributed by atoms with van der Waals surface area (Å²) < 4.78 is 0.805. The maximum absolute atomic E-state index is 11.2. The Hall–Kier alpha value is -1.82. The molecule has 108 valence electrons. The van der Waals surface area contributed by atoms with Crippen molar-refractivity contribution in [2.45, 2.75) is 6.42 Å². The highest BCUT2D eigenvalue weighted by Gasteiger charge is 2.06. The standard InChI is InChI=1S/C14H17BrN2O3/c1-16-13(18)7-8-17(2)11-5-3-10(12(15)9-11)4-6-14(19)20/h3-6,9H,7-8H2,1-2H3,(H,16,18)(H,19,20)/b6-4+. The third kappa shape index (κ3) is 5.05. The van der Waals surface area contributed by atoms with Gasteiger partial charge in [0.2, 0.25) is 5.91 Å². The van der Waals surface area contributed by atoms with Crippen molar-refractivity contribution < 1.29 is 14.7 Å². The van der Waals surface area contributed by atoms with Gasteiger partial charge in [0.1, 0.15) is 0 Å². The number of benzene rings is 1. The lowest BCUT2D eigenvalue weighted by Gasteiger charge is -2.19. The van der Waals surface area contributed by atoms with E-state index in [1.807, 2.05) is 30.1 Å². The van der Waals surface area contributed by atoms with Crippen molar-refractivity contribution in [1.82, 2.24) is 5.32 Å². The Morgan fingerprint density at radius 3 is 2.70 bits per heavy atom. The SMILES string of the molecule is CNC(=O)CCN(C)c1ccc(/C=C/C(=O)O)c(Br)c1. The van der Waals surface area contributed by atoms with E-state index in [4.69, 9.17) is 5.11 Å². The summed E-state index contributed by atoms with van der Waals surface area (Å²) in [6, 6.07) is 5.61. The lowest BCUT2D eigenvalue weighted by Crippen LogP contribution is -2.26. The van der Waals surface area contributed by atoms with Crippen LogP contribution in [0, 0.1) is 0 Å². The van der Waals surface area contributed by atoms with Crippen LogP contribution < -0.4 is 10.2 Å². The second-order valence-electron chi connectivity index (χ2n) is 4.22. The van der Waals surface area contributed by atoms with Crippen LogP contribution in [0.2, 0.25) is 0 Å². The zero-order valence-electron chi connectivity index (χ0n) is 11.4. The molecule has 20 heavy (non-hydrogen) atoms. The molecule has 0 bridgehead atoms. The number of amides is 1. The molecular formula is C14H17BrN2O3. The second kappa shape index (κ2) is 7.69. The first kappa shape index (κ1) is 16.2. The number of rotatable bonds is 6. The van der Waals surface area contributed by atoms with Crippen molar-refractivity contribution in [3.05, 3.63) is 34.3 Å². The monoisotopic (exact) mass is 340 g/mol. The van der Waals surface area contributed by atoms with Crippen molar-refractivity contribution in [2.75, 3.05) is 25.5 Å². The Morgan fingerprint density at radius 2 is 2.15 bits per heavy atom. The van der Waals surface area contributed by atoms with Gasteiger partial charge >= 0.3 is 5.97 Å². The lowest BCUT2D eigenvalue weighted by molar-refractivity contribution is -0.131. The fourth-order valence-corrected chi connectivity index (χ4v) is 2.07. The Morgan fingerprint density at radius 1 is 1.45 bits per heavy atom. The van der Waals surface area contributed by atoms with E-state index in [9.17, 15) is 9.59 Å². The van der Waals surface area contributed by atoms with Crippen LogP contribution in [0.25, 0.3) is 6.08 Å². The Bertz CT molecular complexity index is 529. The Balaban J connectivity index is 2.76. The fraction of sp³-hybridized carbons (Fsp3) is 0.286. The van der Waals surface area contributed by atoms with Gasteiger partial charge in [-0.3, -0.25) is 4.79 Å². The van der Waals surface area contributed by atoms with E-state index in [1.165, 1.54) is 6.08 Å². The molecule has 0 radical (unpaired) electrons. The van der Waals surface area contributed by atoms with E-state index in [0.717, 1.165) is 21.8 Å². The number of carbonyl (C=O) groups excluding carboxylic acids is 1. The molecule has 0 fully saturated rings. The van der Waals surface area contributed by atoms with Gasteiger partial charge < -0.3 is 15.3 Å². The summed E-state index contributed by atoms with van der Waals surface area (Å²) in [7, 11) is 3.51. The van der Waals surface area contributed by atoms with Crippen LogP contribution in [0.15, 0.2) is 28.7 Å². The maximum atomic E-state index is 11.2. The molecule has 0 atom stereocenters. The molecule has 0 heterocycles. The number of carboxylic acid groups (broad SMARTS) is 1. The molecule has 1 amide bonds. The van der Waals surface area contributed by atoms with Gasteiger partial charge in [-0.1, -0.05) is 22.0 Å². The smallest absolute Gasteiger partial charge is 0.328 e. The largest absolute Gasteiger partial charge is 0.478 e. The third-order valence-electron chi connectivity index (χ3n) is 2.78. The van der Waals surface area contributed by atoms with E-state index in [0.29, 0.717) is 13.0 Å². The Labute approximate surface area is 126 Å². The van der Waals surface area contributed by atoms with Gasteiger partial charge in [-0.2, -0.15) is 0 Å². The van der Waals surface area contributed by atoms with Gasteiger partial charge in [-0.05, 0) is 23.8 Å². The van der Waals surface area contributed by atoms with Crippen LogP contribution in [0.5, 0.6) is 0 Å². The average Bonchev–Trinajstić information content (AvgIpc) is 2.42. The Kier molecular flexibility index (Phi) is 6.24. The van der Waals surface area contributed by atoms with Gasteiger partial charge in [-0.15, -0.1) is 0 Å². The summed E-state index contributed by atoms with van der Waals surface area (Å²) >= 11 is 3.41. The average molecular weight is 341 g/mol. The van der Waals surface area contributed by atoms with Gasteiger partial charge in [0.15, 0.2) is 0 Å². The third-order valence-corrected chi connectivity index (χ3v) is 3.47. The molecule has 6 heteroatoms. The number of hydrogen-bond donors (Lipinski definition) is 2. The summed E-state index contributed by atoms with van der Waals surface area (Å²) in [5.74, 6) is -0.986. The number of carbonyl (C=O) groups is 2. The molecule has 0 saturated heterocycles. The predicted molar refractivity (Wildman–Crippen MR) is 82.8 cm³/mol. The van der Waals surface area contributed by atoms with Crippen LogP contribution in [0.4, 0.5) is 5.69 Å². The van der Waals surface area contributed by atoms with Crippen molar-refractivity contribution in [3.63, 3.8) is 0 Å². The number of nitrogens with one attached hydrogen (secondary N) is 1. The molecule has 1 aromatic carbocycles. The van der Waals surface area contributed by atoms with Crippen molar-refractivity contribution >= 4 is 39.6 Å². The highest BCUT2D eigenvalue weighted by Crippen LogP contribution is 2.24. The van der Waals surface area contributed by atoms with Crippen molar-refractivity contribution in [1.29, 1.82) is 0 Å². The summed E-state index contributed by atoms with van der Waals surface area (Å²) in [5.41, 5.74) is 1.74. The molecule has 1 rings (SSSR count). The van der Waals surface area contributed by atoms with Crippen LogP contribution in [0.3, 0.4) is 0 Å². The number of halogens is 1. The zero-order chi connectivity index (χ0) is 15.1. The van der Waals surface area contributed by atoms with Gasteiger partial charge in [0.05, 0.1) is 0 Å². The second-order valence-corrected chi connectivity index (χ2v) is 5.08. The summed E-state index contributed by atoms with van der Waals surface area (Å²) in [6.07, 6.45) is 3.04. The molecule has 0 spiro atoms. The molecule has 0 saturated carbocycles. The minimum absolute atomic E-state index is 0.00285. The lowest BCUT2D eigenvalue weighted by atomic mass is 10.2. The van der Waals surface area contributed by atoms with E-state index in [1.54, 1.807) is 7.05 Å². The molecule has 5 nitrogen and oxygen atoms in total. The minimum atomic E-state index is -0.983. The number of aliphatic carboxylic acids is 1. The number of carboxylic acids is 1. The normalized spacial score (nSPS) is 10.6. The molecule has 0 aromatic heterocycles. The molecular weight excluding hydrogens is 324 g/mol. The van der Waals surface area contributed by atoms with E-state index in [2.05, 4.69) is 21.2 Å². The first-order valence-electron chi connectivity index (χ1n) is 6.06. The molecule has 1 aromatic rings. The summed E-state index contributed by atoms with van der Waals surface area (Å²) in [5, 5.41) is 11.2. The molecule has 0 aliphatic carbocycles. The quantitative estimate of drug-likeness (QED) is 0.778. The van der Waals surface area contributed by atoms with Gasteiger partial charge in [0.25, 0.3) is 0 Å². The molecule has 0 aliphatic heterocycles. The topological polar surface area (TPSA) is 69.6 Å². The van der Waals surface area contributed by atoms with Crippen LogP contribution in [-0.2, 0) is 9.59 Å². The number of nitrogens with zero attached hydrogens (tertiary/aromatic N) is 1. The van der Waals surface area contributed by atoms with Crippen molar-refractivity contribution in [2.24, 2.45) is 0 Å². The molecule has 2 N–H and O–H groups in total. The number of anilines is 1. The van der Waals surface area contributed by atoms with Gasteiger partial charge in [0, 0.05) is 43.3 Å². The summed E-state index contributed by atoms with van der Waals surface area (Å²) in [4.78, 5) is 23.7. The highest BCUT2D eigenvalue weighted by molar-refractivity contribution is 9.10. The highest BCUT2D eigenvalue weighted by atomic mass is 79.9. The van der Waals surface area contributed by atoms with E-state index < -0.39 is 5.97 Å². The van der Waals surface area contributed by atoms with Crippen LogP contribution >= 0.6 is 15.9 Å². The first-order valence-corrected chi connectivity index (χ1v) is 6.85. The zero-order valence-corrected chi connectivity index (χ0v) is 13.0. The van der Waals surface area contributed by atoms with E-state index in [-0.39, 0.29) is 5.91 Å². The van der Waals surface area contributed by atoms with Crippen molar-refractivity contribution in [3.8, 4) is 0 Å². The van der Waals surface area contributed by atoms with Gasteiger partial charge in [-0.25, -0.2) is 4.79 Å². The molecule has 0 unspecified atom stereocenters. The van der Waals surface area contributed by atoms with E-state index >= 15 is 0 Å². The van der Waals surface area contributed by atoms with Crippen LogP contribution in [0.1, 0.15) is 12.0 Å². The predicted octanol–water partition coefficient (Wildman–Crippen LogP) is 2.12. The fourth-order valence-electron chi connectivity index (χ4n) is 1.57. The summed E-state index contributed by atoms with van der Waals surface area (Å²) in [6.45, 7) is 0.608.